The van der Waals surface area contributed by atoms with Gasteiger partial charge >= 0.3 is 0 Å². The number of allylic oxidation sites excluding steroid dienone is 2. The van der Waals surface area contributed by atoms with Crippen LogP contribution in [0.15, 0.2) is 66.4 Å². The highest BCUT2D eigenvalue weighted by Gasteiger charge is 2.06. The van der Waals surface area contributed by atoms with Crippen molar-refractivity contribution in [1.29, 1.82) is 5.26 Å². The summed E-state index contributed by atoms with van der Waals surface area (Å²) in [6.45, 7) is 2.42. The number of rotatable bonds is 5. The fraction of sp³-hybridized carbons (Fsp3) is 0.167. The molecule has 2 heteroatoms. The Kier molecular flexibility index (Phi) is 4.97. The zero-order valence-electron chi connectivity index (χ0n) is 11.5. The van der Waals surface area contributed by atoms with E-state index in [-0.39, 0.29) is 0 Å². The summed E-state index contributed by atoms with van der Waals surface area (Å²) in [6, 6.07) is 22.0. The Balaban J connectivity index is 2.01. The maximum atomic E-state index is 9.28. The molecule has 0 aliphatic rings. The van der Waals surface area contributed by atoms with Gasteiger partial charge in [-0.15, -0.1) is 0 Å². The lowest BCUT2D eigenvalue weighted by Gasteiger charge is -2.09. The molecule has 2 aromatic rings. The van der Waals surface area contributed by atoms with Crippen LogP contribution in [0.3, 0.4) is 0 Å². The average Bonchev–Trinajstić information content (AvgIpc) is 2.50. The summed E-state index contributed by atoms with van der Waals surface area (Å²) in [4.78, 5) is 0. The van der Waals surface area contributed by atoms with E-state index in [9.17, 15) is 5.26 Å². The van der Waals surface area contributed by atoms with Gasteiger partial charge in [0.15, 0.2) is 0 Å². The van der Waals surface area contributed by atoms with E-state index >= 15 is 0 Å². The molecule has 0 aliphatic carbocycles. The first-order valence-corrected chi connectivity index (χ1v) is 6.64. The van der Waals surface area contributed by atoms with Crippen molar-refractivity contribution in [3.8, 4) is 6.07 Å². The van der Waals surface area contributed by atoms with E-state index in [1.807, 2.05) is 55.5 Å². The Morgan fingerprint density at radius 3 is 2.20 bits per heavy atom. The van der Waals surface area contributed by atoms with E-state index in [4.69, 9.17) is 4.74 Å². The van der Waals surface area contributed by atoms with Crippen molar-refractivity contribution in [2.45, 2.75) is 13.3 Å². The first kappa shape index (κ1) is 13.9. The Morgan fingerprint density at radius 1 is 1.00 bits per heavy atom. The normalized spacial score (nSPS) is 11.4. The minimum Gasteiger partial charge on any atom is -0.496 e. The summed E-state index contributed by atoms with van der Waals surface area (Å²) < 4.78 is 5.71. The molecule has 0 unspecified atom stereocenters. The molecule has 0 atom stereocenters. The Hall–Kier alpha value is -2.53. The van der Waals surface area contributed by atoms with Gasteiger partial charge in [-0.1, -0.05) is 60.7 Å². The van der Waals surface area contributed by atoms with Crippen LogP contribution < -0.4 is 0 Å². The molecule has 0 saturated heterocycles. The lowest BCUT2D eigenvalue weighted by Crippen LogP contribution is -1.99. The standard InChI is InChI=1S/C18H17NO/c1-15(18(14-19)17-10-6-3-7-11-17)20-13-12-16-8-4-2-5-9-16/h2-11H,12-13H2,1H3. The Morgan fingerprint density at radius 2 is 1.60 bits per heavy atom. The number of hydrogen-bond acceptors (Lipinski definition) is 2. The van der Waals surface area contributed by atoms with Crippen LogP contribution in [0, 0.1) is 11.3 Å². The molecule has 0 radical (unpaired) electrons. The lowest BCUT2D eigenvalue weighted by molar-refractivity contribution is 0.220. The monoisotopic (exact) mass is 263 g/mol. The fourth-order valence-corrected chi connectivity index (χ4v) is 1.99. The van der Waals surface area contributed by atoms with Gasteiger partial charge < -0.3 is 4.74 Å². The molecule has 0 aliphatic heterocycles. The number of nitriles is 1. The first-order chi connectivity index (χ1) is 9.81. The molecule has 2 rings (SSSR count). The zero-order valence-corrected chi connectivity index (χ0v) is 11.5. The van der Waals surface area contributed by atoms with Gasteiger partial charge in [-0.3, -0.25) is 0 Å². The Bertz CT molecular complexity index is 609. The van der Waals surface area contributed by atoms with Crippen molar-refractivity contribution in [3.63, 3.8) is 0 Å². The third-order valence-corrected chi connectivity index (χ3v) is 3.08. The highest BCUT2D eigenvalue weighted by Crippen LogP contribution is 2.18. The second-order valence-electron chi connectivity index (χ2n) is 4.49. The van der Waals surface area contributed by atoms with Crippen molar-refractivity contribution in [1.82, 2.24) is 0 Å². The highest BCUT2D eigenvalue weighted by molar-refractivity contribution is 5.77. The molecule has 0 bridgehead atoms. The van der Waals surface area contributed by atoms with Crippen LogP contribution in [-0.2, 0) is 11.2 Å². The molecule has 0 fully saturated rings. The summed E-state index contributed by atoms with van der Waals surface area (Å²) in [5, 5.41) is 9.28. The van der Waals surface area contributed by atoms with Gasteiger partial charge in [0.1, 0.15) is 11.8 Å². The summed E-state index contributed by atoms with van der Waals surface area (Å²) in [5.74, 6) is 0.676. The van der Waals surface area contributed by atoms with E-state index in [1.54, 1.807) is 0 Å². The van der Waals surface area contributed by atoms with Crippen LogP contribution in [0.4, 0.5) is 0 Å². The predicted octanol–water partition coefficient (Wildman–Crippen LogP) is 4.20. The van der Waals surface area contributed by atoms with Gasteiger partial charge in [0, 0.05) is 6.42 Å². The summed E-state index contributed by atoms with van der Waals surface area (Å²) in [5.41, 5.74) is 2.73. The number of benzene rings is 2. The van der Waals surface area contributed by atoms with Crippen molar-refractivity contribution in [3.05, 3.63) is 77.5 Å². The summed E-state index contributed by atoms with van der Waals surface area (Å²) in [6.07, 6.45) is 0.839. The maximum absolute atomic E-state index is 9.28. The molecule has 0 N–H and O–H groups in total. The van der Waals surface area contributed by atoms with Crippen LogP contribution in [0.25, 0.3) is 5.57 Å². The van der Waals surface area contributed by atoms with Gasteiger partial charge in [0.05, 0.1) is 12.2 Å². The second kappa shape index (κ2) is 7.16. The van der Waals surface area contributed by atoms with E-state index < -0.39 is 0 Å². The molecule has 2 aromatic carbocycles. The Labute approximate surface area is 119 Å². The summed E-state index contributed by atoms with van der Waals surface area (Å²) in [7, 11) is 0. The first-order valence-electron chi connectivity index (χ1n) is 6.64. The third kappa shape index (κ3) is 3.73. The molecule has 0 saturated carbocycles. The van der Waals surface area contributed by atoms with Crippen LogP contribution >= 0.6 is 0 Å². The van der Waals surface area contributed by atoms with Crippen LogP contribution in [0.5, 0.6) is 0 Å². The second-order valence-corrected chi connectivity index (χ2v) is 4.49. The number of nitrogens with zero attached hydrogens (tertiary/aromatic N) is 1. The quantitative estimate of drug-likeness (QED) is 0.598. The van der Waals surface area contributed by atoms with E-state index in [0.717, 1.165) is 12.0 Å². The molecular formula is C18H17NO. The molecule has 0 heterocycles. The largest absolute Gasteiger partial charge is 0.496 e. The molecule has 0 amide bonds. The molecule has 0 aromatic heterocycles. The van der Waals surface area contributed by atoms with Crippen molar-refractivity contribution in [2.24, 2.45) is 0 Å². The molecule has 100 valence electrons. The lowest BCUT2D eigenvalue weighted by atomic mass is 10.1. The molecule has 0 spiro atoms. The van der Waals surface area contributed by atoms with Gasteiger partial charge in [-0.05, 0) is 18.1 Å². The predicted molar refractivity (Wildman–Crippen MR) is 80.7 cm³/mol. The van der Waals surface area contributed by atoms with Crippen molar-refractivity contribution < 1.29 is 4.74 Å². The molecule has 20 heavy (non-hydrogen) atoms. The van der Waals surface area contributed by atoms with Gasteiger partial charge in [0.2, 0.25) is 0 Å². The van der Waals surface area contributed by atoms with Crippen LogP contribution in [-0.4, -0.2) is 6.61 Å². The third-order valence-electron chi connectivity index (χ3n) is 3.08. The van der Waals surface area contributed by atoms with Crippen molar-refractivity contribution >= 4 is 5.57 Å². The fourth-order valence-electron chi connectivity index (χ4n) is 1.99. The zero-order chi connectivity index (χ0) is 14.2. The number of ether oxygens (including phenoxy) is 1. The minimum absolute atomic E-state index is 0.577. The summed E-state index contributed by atoms with van der Waals surface area (Å²) >= 11 is 0. The van der Waals surface area contributed by atoms with Gasteiger partial charge in [-0.25, -0.2) is 0 Å². The average molecular weight is 263 g/mol. The topological polar surface area (TPSA) is 33.0 Å². The minimum atomic E-state index is 0.577. The van der Waals surface area contributed by atoms with Crippen LogP contribution in [0.2, 0.25) is 0 Å². The van der Waals surface area contributed by atoms with Gasteiger partial charge in [-0.2, -0.15) is 5.26 Å². The van der Waals surface area contributed by atoms with E-state index in [0.29, 0.717) is 17.9 Å². The van der Waals surface area contributed by atoms with Crippen LogP contribution in [0.1, 0.15) is 18.1 Å². The van der Waals surface area contributed by atoms with Crippen molar-refractivity contribution in [2.75, 3.05) is 6.61 Å². The SMILES string of the molecule is CC(OCCc1ccccc1)=C(C#N)c1ccccc1. The smallest absolute Gasteiger partial charge is 0.111 e. The maximum Gasteiger partial charge on any atom is 0.111 e. The van der Waals surface area contributed by atoms with E-state index in [1.165, 1.54) is 5.56 Å². The highest BCUT2D eigenvalue weighted by atomic mass is 16.5. The molecule has 2 nitrogen and oxygen atoms in total. The van der Waals surface area contributed by atoms with Gasteiger partial charge in [0.25, 0.3) is 0 Å². The number of hydrogen-bond donors (Lipinski definition) is 0. The molecular weight excluding hydrogens is 246 g/mol. The van der Waals surface area contributed by atoms with E-state index in [2.05, 4.69) is 18.2 Å².